The Bertz CT molecular complexity index is 390. The third-order valence-corrected chi connectivity index (χ3v) is 4.72. The number of rotatable bonds is 3. The zero-order valence-electron chi connectivity index (χ0n) is 9.68. The molecule has 0 spiro atoms. The summed E-state index contributed by atoms with van der Waals surface area (Å²) in [5, 5.41) is 10.3. The molecule has 0 saturated carbocycles. The summed E-state index contributed by atoms with van der Waals surface area (Å²) >= 11 is 2.30. The molecule has 3 heteroatoms. The number of halogens is 1. The fraction of sp³-hybridized carbons (Fsp3) is 0.571. The van der Waals surface area contributed by atoms with Crippen molar-refractivity contribution in [2.75, 3.05) is 0 Å². The van der Waals surface area contributed by atoms with Gasteiger partial charge in [0.25, 0.3) is 0 Å². The van der Waals surface area contributed by atoms with Crippen molar-refractivity contribution in [3.8, 4) is 0 Å². The summed E-state index contributed by atoms with van der Waals surface area (Å²) in [6.07, 6.45) is 4.64. The molecule has 2 bridgehead atoms. The van der Waals surface area contributed by atoms with Gasteiger partial charge in [0, 0.05) is 9.49 Å². The number of aliphatic hydroxyl groups excluding tert-OH is 1. The first-order valence-corrected chi connectivity index (χ1v) is 7.38. The number of fused-ring (bicyclic) bond motifs is 2. The minimum Gasteiger partial charge on any atom is -0.392 e. The first-order valence-electron chi connectivity index (χ1n) is 6.30. The van der Waals surface area contributed by atoms with Crippen molar-refractivity contribution in [2.45, 2.75) is 44.0 Å². The zero-order chi connectivity index (χ0) is 11.8. The van der Waals surface area contributed by atoms with Gasteiger partial charge in [0.15, 0.2) is 0 Å². The van der Waals surface area contributed by atoms with Crippen molar-refractivity contribution in [3.63, 3.8) is 0 Å². The molecule has 3 rings (SSSR count). The third kappa shape index (κ3) is 2.51. The van der Waals surface area contributed by atoms with E-state index >= 15 is 0 Å². The van der Waals surface area contributed by atoms with Gasteiger partial charge in [0.05, 0.1) is 18.3 Å². The Kier molecular flexibility index (Phi) is 3.41. The second-order valence-corrected chi connectivity index (χ2v) is 6.42. The molecule has 2 nitrogen and oxygen atoms in total. The summed E-state index contributed by atoms with van der Waals surface area (Å²) in [5.74, 6) is 0.355. The van der Waals surface area contributed by atoms with Gasteiger partial charge in [-0.15, -0.1) is 0 Å². The van der Waals surface area contributed by atoms with Crippen molar-refractivity contribution >= 4 is 22.6 Å². The van der Waals surface area contributed by atoms with E-state index in [4.69, 9.17) is 4.74 Å². The molecule has 0 aromatic heterocycles. The lowest BCUT2D eigenvalue weighted by molar-refractivity contribution is 0.0432. The molecule has 2 heterocycles. The quantitative estimate of drug-likeness (QED) is 0.855. The highest BCUT2D eigenvalue weighted by molar-refractivity contribution is 14.1. The molecule has 0 aliphatic carbocycles. The highest BCUT2D eigenvalue weighted by atomic mass is 127. The summed E-state index contributed by atoms with van der Waals surface area (Å²) in [6, 6.07) is 8.41. The van der Waals surface area contributed by atoms with Crippen LogP contribution < -0.4 is 0 Å². The first-order chi connectivity index (χ1) is 8.22. The molecular weight excluding hydrogens is 327 g/mol. The third-order valence-electron chi connectivity index (χ3n) is 4.01. The van der Waals surface area contributed by atoms with Gasteiger partial charge < -0.3 is 9.84 Å². The van der Waals surface area contributed by atoms with Gasteiger partial charge in [-0.25, -0.2) is 0 Å². The molecule has 0 radical (unpaired) electrons. The molecule has 1 aromatic carbocycles. The predicted molar refractivity (Wildman–Crippen MR) is 74.9 cm³/mol. The highest BCUT2D eigenvalue weighted by Gasteiger charge is 2.43. The summed E-state index contributed by atoms with van der Waals surface area (Å²) < 4.78 is 7.04. The van der Waals surface area contributed by atoms with Crippen LogP contribution >= 0.6 is 22.6 Å². The van der Waals surface area contributed by atoms with Crippen molar-refractivity contribution in [1.29, 1.82) is 0 Å². The number of hydrogen-bond acceptors (Lipinski definition) is 2. The predicted octanol–water partition coefficient (Wildman–Crippen LogP) is 2.76. The number of benzene rings is 1. The van der Waals surface area contributed by atoms with E-state index in [9.17, 15) is 5.11 Å². The summed E-state index contributed by atoms with van der Waals surface area (Å²) in [4.78, 5) is 0. The minimum absolute atomic E-state index is 0.245. The fourth-order valence-corrected chi connectivity index (χ4v) is 3.45. The van der Waals surface area contributed by atoms with Crippen LogP contribution in [0.3, 0.4) is 0 Å². The van der Waals surface area contributed by atoms with E-state index in [1.165, 1.54) is 15.6 Å². The summed E-state index contributed by atoms with van der Waals surface area (Å²) in [5.41, 5.74) is 1.22. The Morgan fingerprint density at radius 3 is 2.65 bits per heavy atom. The van der Waals surface area contributed by atoms with Crippen molar-refractivity contribution in [3.05, 3.63) is 33.4 Å². The van der Waals surface area contributed by atoms with Gasteiger partial charge in [0.1, 0.15) is 0 Å². The maximum atomic E-state index is 10.3. The lowest BCUT2D eigenvalue weighted by Crippen LogP contribution is -2.30. The Balaban J connectivity index is 1.63. The Hall–Kier alpha value is -0.130. The van der Waals surface area contributed by atoms with Crippen LogP contribution in [-0.2, 0) is 11.2 Å². The van der Waals surface area contributed by atoms with Crippen molar-refractivity contribution in [1.82, 2.24) is 0 Å². The van der Waals surface area contributed by atoms with E-state index < -0.39 is 0 Å². The lowest BCUT2D eigenvalue weighted by atomic mass is 9.83. The second-order valence-electron chi connectivity index (χ2n) is 5.17. The molecular formula is C14H17IO2. The van der Waals surface area contributed by atoms with Gasteiger partial charge in [-0.1, -0.05) is 12.1 Å². The maximum absolute atomic E-state index is 10.3. The standard InChI is InChI=1S/C14H17IO2/c15-10-3-1-9(2-4-10)7-13(16)12-8-11-5-6-14(12)17-11/h1-4,11-14,16H,5-8H2. The van der Waals surface area contributed by atoms with E-state index in [1.807, 2.05) is 0 Å². The Labute approximate surface area is 116 Å². The molecule has 2 aliphatic rings. The molecule has 2 aliphatic heterocycles. The van der Waals surface area contributed by atoms with Crippen LogP contribution in [0.5, 0.6) is 0 Å². The van der Waals surface area contributed by atoms with E-state index in [-0.39, 0.29) is 6.10 Å². The van der Waals surface area contributed by atoms with Crippen LogP contribution in [0.2, 0.25) is 0 Å². The van der Waals surface area contributed by atoms with Crippen molar-refractivity contribution in [2.24, 2.45) is 5.92 Å². The zero-order valence-corrected chi connectivity index (χ0v) is 11.8. The van der Waals surface area contributed by atoms with Crippen LogP contribution in [0.4, 0.5) is 0 Å². The number of ether oxygens (including phenoxy) is 1. The van der Waals surface area contributed by atoms with Crippen LogP contribution in [0.15, 0.2) is 24.3 Å². The average molecular weight is 344 g/mol. The molecule has 2 saturated heterocycles. The first kappa shape index (κ1) is 11.9. The summed E-state index contributed by atoms with van der Waals surface area (Å²) in [6.45, 7) is 0. The molecule has 17 heavy (non-hydrogen) atoms. The van der Waals surface area contributed by atoms with Crippen LogP contribution in [-0.4, -0.2) is 23.4 Å². The van der Waals surface area contributed by atoms with E-state index in [0.717, 1.165) is 19.3 Å². The lowest BCUT2D eigenvalue weighted by Gasteiger charge is -2.24. The topological polar surface area (TPSA) is 29.5 Å². The molecule has 1 N–H and O–H groups in total. The minimum atomic E-state index is -0.245. The fourth-order valence-electron chi connectivity index (χ4n) is 3.10. The molecule has 2 fully saturated rings. The molecule has 0 amide bonds. The van der Waals surface area contributed by atoms with Gasteiger partial charge >= 0.3 is 0 Å². The Morgan fingerprint density at radius 1 is 1.29 bits per heavy atom. The molecule has 4 unspecified atom stereocenters. The van der Waals surface area contributed by atoms with E-state index in [2.05, 4.69) is 46.9 Å². The smallest absolute Gasteiger partial charge is 0.0634 e. The number of aliphatic hydroxyl groups is 1. The molecule has 92 valence electrons. The molecule has 1 aromatic rings. The van der Waals surface area contributed by atoms with E-state index in [0.29, 0.717) is 18.1 Å². The van der Waals surface area contributed by atoms with Gasteiger partial charge in [0.2, 0.25) is 0 Å². The largest absolute Gasteiger partial charge is 0.392 e. The highest BCUT2D eigenvalue weighted by Crippen LogP contribution is 2.40. The van der Waals surface area contributed by atoms with Crippen LogP contribution in [0.25, 0.3) is 0 Å². The van der Waals surface area contributed by atoms with Gasteiger partial charge in [-0.2, -0.15) is 0 Å². The van der Waals surface area contributed by atoms with Gasteiger partial charge in [-0.05, 0) is 66.0 Å². The second kappa shape index (κ2) is 4.86. The number of hydrogen-bond donors (Lipinski definition) is 1. The average Bonchev–Trinajstić information content (AvgIpc) is 2.94. The monoisotopic (exact) mass is 344 g/mol. The van der Waals surface area contributed by atoms with Gasteiger partial charge in [-0.3, -0.25) is 0 Å². The normalized spacial score (nSPS) is 32.9. The van der Waals surface area contributed by atoms with Crippen molar-refractivity contribution < 1.29 is 9.84 Å². The molecule has 4 atom stereocenters. The van der Waals surface area contributed by atoms with Crippen LogP contribution in [0.1, 0.15) is 24.8 Å². The van der Waals surface area contributed by atoms with E-state index in [1.54, 1.807) is 0 Å². The SMILES string of the molecule is OC(Cc1ccc(I)cc1)C1CC2CCC1O2. The Morgan fingerprint density at radius 2 is 2.06 bits per heavy atom. The summed E-state index contributed by atoms with van der Waals surface area (Å²) in [7, 11) is 0. The maximum Gasteiger partial charge on any atom is 0.0634 e. The van der Waals surface area contributed by atoms with Crippen LogP contribution in [0, 0.1) is 9.49 Å².